The Morgan fingerprint density at radius 2 is 2.06 bits per heavy atom. The summed E-state index contributed by atoms with van der Waals surface area (Å²) >= 11 is 9.22. The van der Waals surface area contributed by atoms with Gasteiger partial charge in [0.25, 0.3) is 0 Å². The van der Waals surface area contributed by atoms with Gasteiger partial charge in [-0.1, -0.05) is 33.6 Å². The van der Waals surface area contributed by atoms with Gasteiger partial charge < -0.3 is 9.84 Å². The number of nitrogens with zero attached hydrogens (tertiary/aromatic N) is 1. The lowest BCUT2D eigenvalue weighted by Gasteiger charge is -2.10. The molecule has 2 rings (SSSR count). The number of pyridine rings is 1. The van der Waals surface area contributed by atoms with Gasteiger partial charge in [-0.3, -0.25) is 4.98 Å². The smallest absolute Gasteiger partial charge is 0.147 e. The molecule has 94 valence electrons. The van der Waals surface area contributed by atoms with E-state index in [2.05, 4.69) is 20.9 Å². The Morgan fingerprint density at radius 3 is 2.67 bits per heavy atom. The molecule has 0 fully saturated rings. The molecule has 3 nitrogen and oxygen atoms in total. The highest BCUT2D eigenvalue weighted by atomic mass is 79.9. The number of halogens is 2. The zero-order valence-electron chi connectivity index (χ0n) is 9.60. The standard InChI is InChI=1S/C13H11BrClNO2/c1-8(17)12-3-2-10(5-13(12)14)18-11-4-9(15)6-16-7-11/h2-8,17H,1H3/t8-/m0/s1. The monoisotopic (exact) mass is 327 g/mol. The largest absolute Gasteiger partial charge is 0.456 e. The molecule has 0 amide bonds. The van der Waals surface area contributed by atoms with Crippen LogP contribution < -0.4 is 4.74 Å². The van der Waals surface area contributed by atoms with Gasteiger partial charge >= 0.3 is 0 Å². The summed E-state index contributed by atoms with van der Waals surface area (Å²) in [6.07, 6.45) is 2.60. The SMILES string of the molecule is C[C@H](O)c1ccc(Oc2cncc(Cl)c2)cc1Br. The molecule has 1 heterocycles. The fraction of sp³-hybridized carbons (Fsp3) is 0.154. The number of rotatable bonds is 3. The summed E-state index contributed by atoms with van der Waals surface area (Å²) in [5.74, 6) is 1.22. The first-order valence-corrected chi connectivity index (χ1v) is 6.49. The number of ether oxygens (including phenoxy) is 1. The van der Waals surface area contributed by atoms with E-state index in [1.54, 1.807) is 37.5 Å². The molecular weight excluding hydrogens is 318 g/mol. The Labute approximate surface area is 119 Å². The van der Waals surface area contributed by atoms with Crippen LogP contribution in [-0.2, 0) is 0 Å². The zero-order chi connectivity index (χ0) is 13.1. The van der Waals surface area contributed by atoms with E-state index >= 15 is 0 Å². The maximum atomic E-state index is 9.52. The van der Waals surface area contributed by atoms with Crippen molar-refractivity contribution in [3.63, 3.8) is 0 Å². The van der Waals surface area contributed by atoms with E-state index in [4.69, 9.17) is 16.3 Å². The highest BCUT2D eigenvalue weighted by Gasteiger charge is 2.08. The molecule has 0 aliphatic heterocycles. The number of aliphatic hydroxyl groups is 1. The van der Waals surface area contributed by atoms with Crippen molar-refractivity contribution in [2.24, 2.45) is 0 Å². The van der Waals surface area contributed by atoms with Crippen molar-refractivity contribution < 1.29 is 9.84 Å². The molecule has 0 unspecified atom stereocenters. The third-order valence-corrected chi connectivity index (χ3v) is 3.23. The number of benzene rings is 1. The van der Waals surface area contributed by atoms with Crippen molar-refractivity contribution in [2.45, 2.75) is 13.0 Å². The number of aliphatic hydroxyl groups excluding tert-OH is 1. The minimum atomic E-state index is -0.527. The zero-order valence-corrected chi connectivity index (χ0v) is 11.9. The topological polar surface area (TPSA) is 42.4 Å². The van der Waals surface area contributed by atoms with Crippen LogP contribution in [0.3, 0.4) is 0 Å². The van der Waals surface area contributed by atoms with Crippen molar-refractivity contribution in [1.29, 1.82) is 0 Å². The fourth-order valence-electron chi connectivity index (χ4n) is 1.49. The number of hydrogen-bond acceptors (Lipinski definition) is 3. The average Bonchev–Trinajstić information content (AvgIpc) is 2.28. The summed E-state index contributed by atoms with van der Waals surface area (Å²) in [5.41, 5.74) is 0.812. The highest BCUT2D eigenvalue weighted by molar-refractivity contribution is 9.10. The van der Waals surface area contributed by atoms with Gasteiger partial charge in [-0.2, -0.15) is 0 Å². The van der Waals surface area contributed by atoms with Gasteiger partial charge in [0.2, 0.25) is 0 Å². The predicted octanol–water partition coefficient (Wildman–Crippen LogP) is 4.34. The quantitative estimate of drug-likeness (QED) is 0.911. The van der Waals surface area contributed by atoms with Crippen molar-refractivity contribution in [3.8, 4) is 11.5 Å². The van der Waals surface area contributed by atoms with E-state index < -0.39 is 6.10 Å². The molecule has 0 radical (unpaired) electrons. The van der Waals surface area contributed by atoms with E-state index in [-0.39, 0.29) is 0 Å². The van der Waals surface area contributed by atoms with Gasteiger partial charge in [-0.15, -0.1) is 0 Å². The molecule has 1 atom stereocenters. The van der Waals surface area contributed by atoms with Crippen molar-refractivity contribution in [1.82, 2.24) is 4.98 Å². The lowest BCUT2D eigenvalue weighted by atomic mass is 10.1. The molecule has 0 saturated heterocycles. The van der Waals surface area contributed by atoms with E-state index in [1.165, 1.54) is 0 Å². The minimum absolute atomic E-state index is 0.521. The average molecular weight is 329 g/mol. The Morgan fingerprint density at radius 1 is 1.28 bits per heavy atom. The Kier molecular flexibility index (Phi) is 4.22. The Hall–Kier alpha value is -1.10. The van der Waals surface area contributed by atoms with Crippen molar-refractivity contribution in [3.05, 3.63) is 51.7 Å². The van der Waals surface area contributed by atoms with Crippen molar-refractivity contribution in [2.75, 3.05) is 0 Å². The van der Waals surface area contributed by atoms with Crippen LogP contribution >= 0.6 is 27.5 Å². The molecule has 0 aliphatic rings. The van der Waals surface area contributed by atoms with Gasteiger partial charge in [0.1, 0.15) is 11.5 Å². The molecule has 0 aliphatic carbocycles. The molecule has 18 heavy (non-hydrogen) atoms. The molecular formula is C13H11BrClNO2. The predicted molar refractivity (Wildman–Crippen MR) is 74.1 cm³/mol. The van der Waals surface area contributed by atoms with E-state index in [0.29, 0.717) is 16.5 Å². The van der Waals surface area contributed by atoms with E-state index in [9.17, 15) is 5.11 Å². The second-order valence-corrected chi connectivity index (χ2v) is 5.09. The van der Waals surface area contributed by atoms with Gasteiger partial charge in [0.05, 0.1) is 17.3 Å². The van der Waals surface area contributed by atoms with Crippen LogP contribution in [0.2, 0.25) is 5.02 Å². The van der Waals surface area contributed by atoms with Gasteiger partial charge in [-0.05, 0) is 24.6 Å². The first-order valence-electron chi connectivity index (χ1n) is 5.32. The molecule has 1 N–H and O–H groups in total. The van der Waals surface area contributed by atoms with Crippen LogP contribution in [0.4, 0.5) is 0 Å². The van der Waals surface area contributed by atoms with Crippen molar-refractivity contribution >= 4 is 27.5 Å². The lowest BCUT2D eigenvalue weighted by Crippen LogP contribution is -1.93. The summed E-state index contributed by atoms with van der Waals surface area (Å²) in [5, 5.41) is 10.0. The van der Waals surface area contributed by atoms with E-state index in [1.807, 2.05) is 6.07 Å². The molecule has 0 saturated carbocycles. The van der Waals surface area contributed by atoms with Gasteiger partial charge in [0, 0.05) is 16.7 Å². The summed E-state index contributed by atoms with van der Waals surface area (Å²) in [6, 6.07) is 7.07. The maximum Gasteiger partial charge on any atom is 0.147 e. The number of aromatic nitrogens is 1. The highest BCUT2D eigenvalue weighted by Crippen LogP contribution is 2.30. The fourth-order valence-corrected chi connectivity index (χ4v) is 2.35. The third kappa shape index (κ3) is 3.22. The minimum Gasteiger partial charge on any atom is -0.456 e. The molecule has 1 aromatic carbocycles. The van der Waals surface area contributed by atoms with Crippen LogP contribution in [0.5, 0.6) is 11.5 Å². The summed E-state index contributed by atoms with van der Waals surface area (Å²) < 4.78 is 6.41. The first-order chi connectivity index (χ1) is 8.56. The van der Waals surface area contributed by atoms with Gasteiger partial charge in [0.15, 0.2) is 0 Å². The second-order valence-electron chi connectivity index (χ2n) is 3.80. The molecule has 1 aromatic heterocycles. The second kappa shape index (κ2) is 5.69. The Bertz CT molecular complexity index is 560. The Balaban J connectivity index is 2.23. The maximum absolute atomic E-state index is 9.52. The summed E-state index contributed by atoms with van der Waals surface area (Å²) in [4.78, 5) is 3.94. The summed E-state index contributed by atoms with van der Waals surface area (Å²) in [6.45, 7) is 1.71. The normalized spacial score (nSPS) is 12.2. The first kappa shape index (κ1) is 13.3. The summed E-state index contributed by atoms with van der Waals surface area (Å²) in [7, 11) is 0. The van der Waals surface area contributed by atoms with Crippen LogP contribution in [-0.4, -0.2) is 10.1 Å². The third-order valence-electron chi connectivity index (χ3n) is 2.34. The molecule has 5 heteroatoms. The van der Waals surface area contributed by atoms with Crippen LogP contribution in [0.25, 0.3) is 0 Å². The van der Waals surface area contributed by atoms with Crippen LogP contribution in [0.15, 0.2) is 41.1 Å². The molecule has 0 bridgehead atoms. The van der Waals surface area contributed by atoms with E-state index in [0.717, 1.165) is 10.0 Å². The molecule has 2 aromatic rings. The van der Waals surface area contributed by atoms with Crippen LogP contribution in [0.1, 0.15) is 18.6 Å². The lowest BCUT2D eigenvalue weighted by molar-refractivity contribution is 0.198. The van der Waals surface area contributed by atoms with Gasteiger partial charge in [-0.25, -0.2) is 0 Å². The van der Waals surface area contributed by atoms with Crippen LogP contribution in [0, 0.1) is 0 Å². The molecule has 0 spiro atoms. The number of hydrogen-bond donors (Lipinski definition) is 1.